The Morgan fingerprint density at radius 2 is 2.20 bits per heavy atom. The Hall–Kier alpha value is -0.260. The van der Waals surface area contributed by atoms with Gasteiger partial charge in [0.15, 0.2) is 0 Å². The largest absolute Gasteiger partial charge is 0.383 e. The smallest absolute Gasteiger partial charge is 0.239 e. The molecule has 0 saturated heterocycles. The third-order valence-electron chi connectivity index (χ3n) is 2.01. The highest BCUT2D eigenvalue weighted by atomic mass is 32.2. The normalized spacial score (nSPS) is 12.5. The van der Waals surface area contributed by atoms with Crippen molar-refractivity contribution in [2.24, 2.45) is 5.73 Å². The predicted molar refractivity (Wildman–Crippen MR) is 65.1 cm³/mol. The molecule has 0 fully saturated rings. The number of hydrogen-bond donors (Lipinski definition) is 2. The first-order chi connectivity index (χ1) is 7.22. The van der Waals surface area contributed by atoms with Crippen molar-refractivity contribution < 1.29 is 9.53 Å². The summed E-state index contributed by atoms with van der Waals surface area (Å²) >= 11 is 1.85. The molecule has 4 nitrogen and oxygen atoms in total. The SMILES string of the molecule is COCC(N)C(=O)NCCCCCSC. The van der Waals surface area contributed by atoms with Crippen molar-refractivity contribution >= 4 is 17.7 Å². The number of methoxy groups -OCH3 is 1. The Morgan fingerprint density at radius 3 is 2.80 bits per heavy atom. The molecular formula is C10H22N2O2S. The van der Waals surface area contributed by atoms with E-state index in [1.165, 1.54) is 19.3 Å². The second-order valence-corrected chi connectivity index (χ2v) is 4.39. The number of thioether (sulfide) groups is 1. The molecule has 0 bridgehead atoms. The van der Waals surface area contributed by atoms with E-state index in [-0.39, 0.29) is 12.5 Å². The summed E-state index contributed by atoms with van der Waals surface area (Å²) in [5.41, 5.74) is 5.55. The quantitative estimate of drug-likeness (QED) is 0.574. The third-order valence-corrected chi connectivity index (χ3v) is 2.70. The van der Waals surface area contributed by atoms with Gasteiger partial charge in [0.05, 0.1) is 6.61 Å². The molecule has 0 spiro atoms. The molecule has 3 N–H and O–H groups in total. The molecule has 90 valence electrons. The topological polar surface area (TPSA) is 64.3 Å². The van der Waals surface area contributed by atoms with Crippen LogP contribution in [-0.4, -0.2) is 44.2 Å². The maximum atomic E-state index is 11.3. The monoisotopic (exact) mass is 234 g/mol. The lowest BCUT2D eigenvalue weighted by Gasteiger charge is -2.10. The Balaban J connectivity index is 3.30. The van der Waals surface area contributed by atoms with Gasteiger partial charge in [0.25, 0.3) is 0 Å². The molecule has 0 saturated carbocycles. The molecule has 0 aromatic carbocycles. The lowest BCUT2D eigenvalue weighted by Crippen LogP contribution is -2.43. The number of carbonyl (C=O) groups is 1. The maximum absolute atomic E-state index is 11.3. The average molecular weight is 234 g/mol. The Kier molecular flexibility index (Phi) is 10.1. The minimum absolute atomic E-state index is 0.123. The van der Waals surface area contributed by atoms with Gasteiger partial charge in [0.1, 0.15) is 6.04 Å². The summed E-state index contributed by atoms with van der Waals surface area (Å²) in [6, 6.07) is -0.541. The van der Waals surface area contributed by atoms with E-state index >= 15 is 0 Å². The van der Waals surface area contributed by atoms with Crippen molar-refractivity contribution in [1.29, 1.82) is 0 Å². The van der Waals surface area contributed by atoms with E-state index in [4.69, 9.17) is 10.5 Å². The van der Waals surface area contributed by atoms with E-state index < -0.39 is 6.04 Å². The summed E-state index contributed by atoms with van der Waals surface area (Å²) in [7, 11) is 1.54. The minimum atomic E-state index is -0.541. The van der Waals surface area contributed by atoms with Crippen LogP contribution in [0.5, 0.6) is 0 Å². The Labute approximate surface area is 96.3 Å². The fourth-order valence-corrected chi connectivity index (χ4v) is 1.64. The number of ether oxygens (including phenoxy) is 1. The third kappa shape index (κ3) is 8.72. The van der Waals surface area contributed by atoms with Crippen LogP contribution in [0.25, 0.3) is 0 Å². The fraction of sp³-hybridized carbons (Fsp3) is 0.900. The molecule has 1 atom stereocenters. The van der Waals surface area contributed by atoms with Crippen LogP contribution in [0, 0.1) is 0 Å². The molecule has 1 unspecified atom stereocenters. The summed E-state index contributed by atoms with van der Waals surface area (Å²) in [4.78, 5) is 11.3. The Morgan fingerprint density at radius 1 is 1.47 bits per heavy atom. The zero-order chi connectivity index (χ0) is 11.5. The van der Waals surface area contributed by atoms with Crippen molar-refractivity contribution in [2.75, 3.05) is 32.3 Å². The van der Waals surface area contributed by atoms with Gasteiger partial charge >= 0.3 is 0 Å². The molecule has 0 radical (unpaired) electrons. The van der Waals surface area contributed by atoms with Crippen molar-refractivity contribution in [2.45, 2.75) is 25.3 Å². The van der Waals surface area contributed by atoms with Crippen LogP contribution in [0.2, 0.25) is 0 Å². The first kappa shape index (κ1) is 14.7. The fourth-order valence-electron chi connectivity index (χ4n) is 1.15. The predicted octanol–water partition coefficient (Wildman–Crippen LogP) is 0.610. The first-order valence-corrected chi connectivity index (χ1v) is 6.63. The lowest BCUT2D eigenvalue weighted by atomic mass is 10.2. The van der Waals surface area contributed by atoms with Gasteiger partial charge in [-0.25, -0.2) is 0 Å². The highest BCUT2D eigenvalue weighted by Crippen LogP contribution is 2.01. The number of unbranched alkanes of at least 4 members (excludes halogenated alkanes) is 2. The minimum Gasteiger partial charge on any atom is -0.383 e. The summed E-state index contributed by atoms with van der Waals surface area (Å²) in [6.45, 7) is 0.989. The van der Waals surface area contributed by atoms with Gasteiger partial charge in [-0.1, -0.05) is 6.42 Å². The van der Waals surface area contributed by atoms with Gasteiger partial charge < -0.3 is 15.8 Å². The number of rotatable bonds is 9. The highest BCUT2D eigenvalue weighted by molar-refractivity contribution is 7.98. The molecular weight excluding hydrogens is 212 g/mol. The van der Waals surface area contributed by atoms with Gasteiger partial charge in [0, 0.05) is 13.7 Å². The highest BCUT2D eigenvalue weighted by Gasteiger charge is 2.11. The maximum Gasteiger partial charge on any atom is 0.239 e. The molecule has 0 aliphatic rings. The Bertz CT molecular complexity index is 168. The van der Waals surface area contributed by atoms with Crippen LogP contribution in [0.15, 0.2) is 0 Å². The first-order valence-electron chi connectivity index (χ1n) is 5.23. The molecule has 1 amide bonds. The molecule has 0 aliphatic heterocycles. The van der Waals surface area contributed by atoms with Crippen LogP contribution in [0.3, 0.4) is 0 Å². The summed E-state index contributed by atoms with van der Waals surface area (Å²) in [5.74, 6) is 1.07. The van der Waals surface area contributed by atoms with Crippen LogP contribution in [-0.2, 0) is 9.53 Å². The molecule has 0 heterocycles. The summed E-state index contributed by atoms with van der Waals surface area (Å²) in [5, 5.41) is 2.79. The number of amides is 1. The molecule has 0 rings (SSSR count). The van der Waals surface area contributed by atoms with Gasteiger partial charge in [0.2, 0.25) is 5.91 Å². The van der Waals surface area contributed by atoms with Crippen molar-refractivity contribution in [1.82, 2.24) is 5.32 Å². The molecule has 0 aliphatic carbocycles. The lowest BCUT2D eigenvalue weighted by molar-refractivity contribution is -0.123. The molecule has 0 aromatic rings. The molecule has 5 heteroatoms. The van der Waals surface area contributed by atoms with Crippen LogP contribution < -0.4 is 11.1 Å². The van der Waals surface area contributed by atoms with Gasteiger partial charge in [-0.15, -0.1) is 0 Å². The van der Waals surface area contributed by atoms with Crippen LogP contribution in [0.4, 0.5) is 0 Å². The second-order valence-electron chi connectivity index (χ2n) is 3.41. The van der Waals surface area contributed by atoms with Crippen molar-refractivity contribution in [3.8, 4) is 0 Å². The van der Waals surface area contributed by atoms with Gasteiger partial charge in [-0.05, 0) is 24.9 Å². The van der Waals surface area contributed by atoms with Crippen molar-refractivity contribution in [3.63, 3.8) is 0 Å². The van der Waals surface area contributed by atoms with E-state index in [1.807, 2.05) is 11.8 Å². The second kappa shape index (κ2) is 10.3. The van der Waals surface area contributed by atoms with E-state index in [1.54, 1.807) is 0 Å². The van der Waals surface area contributed by atoms with Gasteiger partial charge in [-0.2, -0.15) is 11.8 Å². The number of nitrogens with two attached hydrogens (primary N) is 1. The van der Waals surface area contributed by atoms with Gasteiger partial charge in [-0.3, -0.25) is 4.79 Å². The van der Waals surface area contributed by atoms with Crippen LogP contribution in [0.1, 0.15) is 19.3 Å². The number of hydrogen-bond acceptors (Lipinski definition) is 4. The number of nitrogens with one attached hydrogen (secondary N) is 1. The average Bonchev–Trinajstić information content (AvgIpc) is 2.23. The van der Waals surface area contributed by atoms with Crippen LogP contribution >= 0.6 is 11.8 Å². The van der Waals surface area contributed by atoms with Crippen molar-refractivity contribution in [3.05, 3.63) is 0 Å². The standard InChI is InChI=1S/C10H22N2O2S/c1-14-8-9(11)10(13)12-6-4-3-5-7-15-2/h9H,3-8,11H2,1-2H3,(H,12,13). The molecule has 15 heavy (non-hydrogen) atoms. The van der Waals surface area contributed by atoms with E-state index in [0.29, 0.717) is 6.54 Å². The van der Waals surface area contributed by atoms with E-state index in [9.17, 15) is 4.79 Å². The zero-order valence-corrected chi connectivity index (χ0v) is 10.4. The van der Waals surface area contributed by atoms with E-state index in [0.717, 1.165) is 12.8 Å². The summed E-state index contributed by atoms with van der Waals surface area (Å²) < 4.78 is 4.80. The molecule has 0 aromatic heterocycles. The zero-order valence-electron chi connectivity index (χ0n) is 9.62. The van der Waals surface area contributed by atoms with E-state index in [2.05, 4.69) is 11.6 Å². The summed E-state index contributed by atoms with van der Waals surface area (Å²) in [6.07, 6.45) is 5.49. The number of carbonyl (C=O) groups excluding carboxylic acids is 1.